The molecule has 0 aromatic carbocycles. The number of aliphatic hydroxyl groups excluding tert-OH is 1. The van der Waals surface area contributed by atoms with Gasteiger partial charge in [-0.1, -0.05) is 12.7 Å². The van der Waals surface area contributed by atoms with E-state index in [1.807, 2.05) is 6.92 Å². The Morgan fingerprint density at radius 3 is 2.91 bits per heavy atom. The lowest BCUT2D eigenvalue weighted by Gasteiger charge is -2.21. The second-order valence-electron chi connectivity index (χ2n) is 2.47. The maximum atomic E-state index is 9.03. The molecule has 11 heavy (non-hydrogen) atoms. The van der Waals surface area contributed by atoms with E-state index >= 15 is 0 Å². The lowest BCUT2D eigenvalue weighted by Crippen LogP contribution is -2.24. The zero-order valence-electron chi connectivity index (χ0n) is 6.41. The summed E-state index contributed by atoms with van der Waals surface area (Å²) in [6, 6.07) is 0. The van der Waals surface area contributed by atoms with Gasteiger partial charge in [-0.05, 0) is 18.1 Å². The van der Waals surface area contributed by atoms with Crippen molar-refractivity contribution in [1.82, 2.24) is 5.06 Å². The van der Waals surface area contributed by atoms with Crippen LogP contribution in [0.2, 0.25) is 0 Å². The van der Waals surface area contributed by atoms with E-state index in [9.17, 15) is 0 Å². The molecule has 0 amide bonds. The van der Waals surface area contributed by atoms with E-state index in [0.29, 0.717) is 6.54 Å². The summed E-state index contributed by atoms with van der Waals surface area (Å²) in [5.41, 5.74) is 1.85. The largest absolute Gasteiger partial charge is 0.493 e. The third kappa shape index (κ3) is 1.43. The molecule has 1 rings (SSSR count). The Labute approximate surface area is 65.5 Å². The Hall–Kier alpha value is -1.22. The maximum Gasteiger partial charge on any atom is 0.211 e. The molecule has 0 aromatic rings. The fourth-order valence-electron chi connectivity index (χ4n) is 0.953. The minimum Gasteiger partial charge on any atom is -0.493 e. The fraction of sp³-hybridized carbons (Fsp3) is 0.250. The van der Waals surface area contributed by atoms with Crippen molar-refractivity contribution >= 4 is 0 Å². The molecule has 2 N–H and O–H groups in total. The lowest BCUT2D eigenvalue weighted by atomic mass is 10.1. The van der Waals surface area contributed by atoms with Gasteiger partial charge in [-0.2, -0.15) is 0 Å². The van der Waals surface area contributed by atoms with Crippen LogP contribution < -0.4 is 0 Å². The summed E-state index contributed by atoms with van der Waals surface area (Å²) >= 11 is 0. The molecule has 1 aliphatic heterocycles. The number of nitrogens with zero attached hydrogens (tertiary/aromatic N) is 1. The first-order valence-electron chi connectivity index (χ1n) is 3.34. The van der Waals surface area contributed by atoms with Gasteiger partial charge in [-0.15, -0.1) is 0 Å². The monoisotopic (exact) mass is 153 g/mol. The maximum absolute atomic E-state index is 9.03. The van der Waals surface area contributed by atoms with Crippen molar-refractivity contribution in [3.05, 3.63) is 35.8 Å². The van der Waals surface area contributed by atoms with Crippen LogP contribution >= 0.6 is 0 Å². The van der Waals surface area contributed by atoms with Crippen LogP contribution in [0.5, 0.6) is 0 Å². The molecule has 0 spiro atoms. The Kier molecular flexibility index (Phi) is 2.01. The molecule has 0 unspecified atom stereocenters. The van der Waals surface area contributed by atoms with Crippen LogP contribution in [-0.2, 0) is 0 Å². The van der Waals surface area contributed by atoms with Crippen LogP contribution in [-0.4, -0.2) is 21.9 Å². The molecule has 0 aromatic heterocycles. The van der Waals surface area contributed by atoms with E-state index in [1.54, 1.807) is 6.08 Å². The first kappa shape index (κ1) is 7.88. The predicted molar refractivity (Wildman–Crippen MR) is 42.1 cm³/mol. The second-order valence-corrected chi connectivity index (χ2v) is 2.47. The van der Waals surface area contributed by atoms with Gasteiger partial charge in [-0.3, -0.25) is 5.21 Å². The zero-order chi connectivity index (χ0) is 8.43. The van der Waals surface area contributed by atoms with E-state index in [2.05, 4.69) is 6.58 Å². The molecule has 0 fully saturated rings. The van der Waals surface area contributed by atoms with Gasteiger partial charge in [0.15, 0.2) is 0 Å². The van der Waals surface area contributed by atoms with Crippen molar-refractivity contribution in [2.75, 3.05) is 6.54 Å². The summed E-state index contributed by atoms with van der Waals surface area (Å²) in [4.78, 5) is 0. The van der Waals surface area contributed by atoms with Crippen LogP contribution in [0, 0.1) is 0 Å². The molecular weight excluding hydrogens is 142 g/mol. The van der Waals surface area contributed by atoms with Crippen LogP contribution in [0.3, 0.4) is 0 Å². The summed E-state index contributed by atoms with van der Waals surface area (Å²) in [7, 11) is 0. The number of hydroxylamine groups is 2. The van der Waals surface area contributed by atoms with Gasteiger partial charge in [-0.25, -0.2) is 5.06 Å². The number of rotatable bonds is 1. The number of hydrogen-bond acceptors (Lipinski definition) is 3. The molecule has 0 saturated carbocycles. The second kappa shape index (κ2) is 2.80. The fourth-order valence-corrected chi connectivity index (χ4v) is 0.953. The minimum absolute atomic E-state index is 0.117. The minimum atomic E-state index is -0.117. The topological polar surface area (TPSA) is 43.7 Å². The molecular formula is C8H11NO2. The number of hydrogen-bond donors (Lipinski definition) is 2. The van der Waals surface area contributed by atoms with Gasteiger partial charge in [0.2, 0.25) is 5.88 Å². The zero-order valence-corrected chi connectivity index (χ0v) is 6.41. The molecule has 1 aliphatic rings. The third-order valence-corrected chi connectivity index (χ3v) is 1.68. The average molecular weight is 153 g/mol. The summed E-state index contributed by atoms with van der Waals surface area (Å²) < 4.78 is 0. The summed E-state index contributed by atoms with van der Waals surface area (Å²) in [5, 5.41) is 18.8. The van der Waals surface area contributed by atoms with E-state index < -0.39 is 0 Å². The van der Waals surface area contributed by atoms with Crippen LogP contribution in [0.25, 0.3) is 0 Å². The standard InChI is InChI=1S/C8H11NO2/c1-3-7-5-9(11)8(10)4-6(7)2/h3-4,10-11H,1,5H2,2H3. The Balaban J connectivity index is 2.96. The van der Waals surface area contributed by atoms with Crippen molar-refractivity contribution < 1.29 is 10.3 Å². The molecule has 0 atom stereocenters. The van der Waals surface area contributed by atoms with Gasteiger partial charge in [0, 0.05) is 6.08 Å². The molecule has 3 nitrogen and oxygen atoms in total. The normalized spacial score (nSPS) is 18.4. The summed E-state index contributed by atoms with van der Waals surface area (Å²) in [5.74, 6) is -0.117. The number of aliphatic hydroxyl groups is 1. The smallest absolute Gasteiger partial charge is 0.211 e. The van der Waals surface area contributed by atoms with Gasteiger partial charge in [0.1, 0.15) is 0 Å². The summed E-state index contributed by atoms with van der Waals surface area (Å²) in [6.45, 7) is 5.75. The molecule has 0 aliphatic carbocycles. The van der Waals surface area contributed by atoms with Crippen LogP contribution in [0.1, 0.15) is 6.92 Å². The van der Waals surface area contributed by atoms with Gasteiger partial charge in [0.05, 0.1) is 6.54 Å². The average Bonchev–Trinajstić information content (AvgIpc) is 1.97. The predicted octanol–water partition coefficient (Wildman–Crippen LogP) is 1.59. The van der Waals surface area contributed by atoms with Crippen molar-refractivity contribution in [2.45, 2.75) is 6.92 Å². The van der Waals surface area contributed by atoms with Crippen molar-refractivity contribution in [2.24, 2.45) is 0 Å². The molecule has 3 heteroatoms. The highest BCUT2D eigenvalue weighted by Gasteiger charge is 2.13. The lowest BCUT2D eigenvalue weighted by molar-refractivity contribution is -0.0861. The molecule has 0 radical (unpaired) electrons. The highest BCUT2D eigenvalue weighted by atomic mass is 16.5. The van der Waals surface area contributed by atoms with Crippen molar-refractivity contribution in [3.8, 4) is 0 Å². The van der Waals surface area contributed by atoms with Crippen molar-refractivity contribution in [3.63, 3.8) is 0 Å². The first-order chi connectivity index (χ1) is 5.15. The van der Waals surface area contributed by atoms with E-state index in [0.717, 1.165) is 16.2 Å². The Bertz CT molecular complexity index is 240. The first-order valence-corrected chi connectivity index (χ1v) is 3.34. The van der Waals surface area contributed by atoms with Crippen molar-refractivity contribution in [1.29, 1.82) is 0 Å². The number of allylic oxidation sites excluding steroid dienone is 2. The van der Waals surface area contributed by atoms with E-state index in [4.69, 9.17) is 10.3 Å². The Morgan fingerprint density at radius 1 is 1.73 bits per heavy atom. The summed E-state index contributed by atoms with van der Waals surface area (Å²) in [6.07, 6.45) is 3.17. The molecule has 0 bridgehead atoms. The third-order valence-electron chi connectivity index (χ3n) is 1.68. The highest BCUT2D eigenvalue weighted by molar-refractivity contribution is 5.35. The quantitative estimate of drug-likeness (QED) is 0.601. The van der Waals surface area contributed by atoms with Gasteiger partial charge >= 0.3 is 0 Å². The molecule has 60 valence electrons. The molecule has 0 saturated heterocycles. The highest BCUT2D eigenvalue weighted by Crippen LogP contribution is 2.17. The molecule has 1 heterocycles. The van der Waals surface area contributed by atoms with E-state index in [-0.39, 0.29) is 5.88 Å². The van der Waals surface area contributed by atoms with Gasteiger partial charge in [0.25, 0.3) is 0 Å². The van der Waals surface area contributed by atoms with Crippen LogP contribution in [0.15, 0.2) is 35.8 Å². The van der Waals surface area contributed by atoms with Crippen LogP contribution in [0.4, 0.5) is 0 Å². The Morgan fingerprint density at radius 2 is 2.36 bits per heavy atom. The van der Waals surface area contributed by atoms with Gasteiger partial charge < -0.3 is 5.11 Å². The van der Waals surface area contributed by atoms with E-state index in [1.165, 1.54) is 6.08 Å². The SMILES string of the molecule is C=CC1=C(C)C=C(O)N(O)C1.